The Morgan fingerprint density at radius 3 is 2.41 bits per heavy atom. The number of hydrogen-bond donors (Lipinski definition) is 1. The fourth-order valence-corrected chi connectivity index (χ4v) is 3.59. The minimum atomic E-state index is -0.202. The summed E-state index contributed by atoms with van der Waals surface area (Å²) in [4.78, 5) is 17.5. The molecule has 146 valence electrons. The van der Waals surface area contributed by atoms with Crippen molar-refractivity contribution >= 4 is 16.9 Å². The number of carbonyl (C=O) groups is 1. The van der Waals surface area contributed by atoms with E-state index in [1.165, 1.54) is 5.56 Å². The Morgan fingerprint density at radius 1 is 0.966 bits per heavy atom. The van der Waals surface area contributed by atoms with Crippen molar-refractivity contribution in [1.82, 2.24) is 14.9 Å². The molecule has 0 bridgehead atoms. The summed E-state index contributed by atoms with van der Waals surface area (Å²) >= 11 is 0. The lowest BCUT2D eigenvalue weighted by Crippen LogP contribution is -2.29. The topological polar surface area (TPSA) is 46.9 Å². The average molecular weight is 383 g/mol. The van der Waals surface area contributed by atoms with Crippen LogP contribution in [0, 0.1) is 6.92 Å². The van der Waals surface area contributed by atoms with Crippen LogP contribution in [0.2, 0.25) is 0 Å². The SMILES string of the molecule is Cc1ccc(C(=O)NC(C)c2nc3ccccc3n2CCc2ccccc2)cc1. The summed E-state index contributed by atoms with van der Waals surface area (Å²) in [6.07, 6.45) is 0.910. The van der Waals surface area contributed by atoms with Crippen molar-refractivity contribution in [3.63, 3.8) is 0 Å². The molecule has 0 fully saturated rings. The number of imidazole rings is 1. The molecule has 4 nitrogen and oxygen atoms in total. The molecule has 3 aromatic carbocycles. The fraction of sp³-hybridized carbons (Fsp3) is 0.200. The van der Waals surface area contributed by atoms with Gasteiger partial charge in [0.05, 0.1) is 17.1 Å². The number of benzene rings is 3. The summed E-state index contributed by atoms with van der Waals surface area (Å²) in [6.45, 7) is 4.82. The first-order chi connectivity index (χ1) is 14.1. The van der Waals surface area contributed by atoms with Gasteiger partial charge in [0.25, 0.3) is 5.91 Å². The first-order valence-corrected chi connectivity index (χ1v) is 9.98. The maximum Gasteiger partial charge on any atom is 0.251 e. The van der Waals surface area contributed by atoms with Gasteiger partial charge >= 0.3 is 0 Å². The highest BCUT2D eigenvalue weighted by Gasteiger charge is 2.19. The lowest BCUT2D eigenvalue weighted by atomic mass is 10.1. The van der Waals surface area contributed by atoms with Crippen LogP contribution in [0.1, 0.15) is 40.3 Å². The highest BCUT2D eigenvalue weighted by Crippen LogP contribution is 2.22. The van der Waals surface area contributed by atoms with Crippen molar-refractivity contribution < 1.29 is 4.79 Å². The van der Waals surface area contributed by atoms with Crippen molar-refractivity contribution in [2.45, 2.75) is 32.9 Å². The fourth-order valence-electron chi connectivity index (χ4n) is 3.59. The molecule has 4 heteroatoms. The summed E-state index contributed by atoms with van der Waals surface area (Å²) in [5.41, 5.74) is 5.13. The van der Waals surface area contributed by atoms with Crippen LogP contribution in [0.15, 0.2) is 78.9 Å². The Balaban J connectivity index is 1.60. The minimum Gasteiger partial charge on any atom is -0.342 e. The molecular weight excluding hydrogens is 358 g/mol. The molecule has 4 aromatic rings. The van der Waals surface area contributed by atoms with E-state index in [4.69, 9.17) is 4.98 Å². The Bertz CT molecular complexity index is 1110. The Hall–Kier alpha value is -3.40. The number of carbonyl (C=O) groups excluding carboxylic acids is 1. The third kappa shape index (κ3) is 4.21. The van der Waals surface area contributed by atoms with Crippen LogP contribution in [0.25, 0.3) is 11.0 Å². The van der Waals surface area contributed by atoms with Gasteiger partial charge in [-0.05, 0) is 50.1 Å². The monoisotopic (exact) mass is 383 g/mol. The van der Waals surface area contributed by atoms with Crippen LogP contribution in [0.5, 0.6) is 0 Å². The number of fused-ring (bicyclic) bond motifs is 1. The van der Waals surface area contributed by atoms with Crippen LogP contribution in [0.3, 0.4) is 0 Å². The maximum absolute atomic E-state index is 12.7. The van der Waals surface area contributed by atoms with Crippen molar-refractivity contribution in [3.8, 4) is 0 Å². The number of aromatic nitrogens is 2. The second kappa shape index (κ2) is 8.31. The molecule has 1 atom stereocenters. The van der Waals surface area contributed by atoms with Gasteiger partial charge < -0.3 is 9.88 Å². The number of aryl methyl sites for hydroxylation is 3. The van der Waals surface area contributed by atoms with E-state index in [0.717, 1.165) is 35.4 Å². The number of hydrogen-bond acceptors (Lipinski definition) is 2. The van der Waals surface area contributed by atoms with Gasteiger partial charge in [0.1, 0.15) is 5.82 Å². The molecule has 0 aliphatic heterocycles. The summed E-state index contributed by atoms with van der Waals surface area (Å²) in [5.74, 6) is 0.793. The first-order valence-electron chi connectivity index (χ1n) is 9.98. The molecule has 0 aliphatic carbocycles. The summed E-state index contributed by atoms with van der Waals surface area (Å²) in [7, 11) is 0. The number of nitrogens with one attached hydrogen (secondary N) is 1. The molecule has 1 aromatic heterocycles. The number of nitrogens with zero attached hydrogens (tertiary/aromatic N) is 2. The lowest BCUT2D eigenvalue weighted by molar-refractivity contribution is 0.0937. The zero-order chi connectivity index (χ0) is 20.2. The van der Waals surface area contributed by atoms with Crippen LogP contribution in [0.4, 0.5) is 0 Å². The first kappa shape index (κ1) is 18.9. The number of rotatable bonds is 6. The van der Waals surface area contributed by atoms with Gasteiger partial charge in [0, 0.05) is 12.1 Å². The molecule has 4 rings (SSSR count). The van der Waals surface area contributed by atoms with Gasteiger partial charge in [0.15, 0.2) is 0 Å². The van der Waals surface area contributed by atoms with E-state index in [0.29, 0.717) is 5.56 Å². The van der Waals surface area contributed by atoms with E-state index in [-0.39, 0.29) is 11.9 Å². The third-order valence-corrected chi connectivity index (χ3v) is 5.20. The highest BCUT2D eigenvalue weighted by molar-refractivity contribution is 5.94. The van der Waals surface area contributed by atoms with E-state index in [1.807, 2.05) is 62.4 Å². The van der Waals surface area contributed by atoms with Gasteiger partial charge in [-0.15, -0.1) is 0 Å². The second-order valence-corrected chi connectivity index (χ2v) is 7.41. The van der Waals surface area contributed by atoms with E-state index in [9.17, 15) is 4.79 Å². The van der Waals surface area contributed by atoms with Crippen LogP contribution >= 0.6 is 0 Å². The van der Waals surface area contributed by atoms with Gasteiger partial charge in [-0.3, -0.25) is 4.79 Å². The molecular formula is C25H25N3O. The Morgan fingerprint density at radius 2 is 1.66 bits per heavy atom. The van der Waals surface area contributed by atoms with Crippen LogP contribution in [-0.4, -0.2) is 15.5 Å². The smallest absolute Gasteiger partial charge is 0.251 e. The van der Waals surface area contributed by atoms with Crippen molar-refractivity contribution in [2.24, 2.45) is 0 Å². The summed E-state index contributed by atoms with van der Waals surface area (Å²) in [6, 6.07) is 26.0. The van der Waals surface area contributed by atoms with E-state index < -0.39 is 0 Å². The van der Waals surface area contributed by atoms with Gasteiger partial charge in [-0.25, -0.2) is 4.98 Å². The predicted molar refractivity (Wildman–Crippen MR) is 117 cm³/mol. The summed E-state index contributed by atoms with van der Waals surface area (Å²) in [5, 5.41) is 3.11. The van der Waals surface area contributed by atoms with E-state index >= 15 is 0 Å². The minimum absolute atomic E-state index is 0.0841. The Labute approximate surface area is 171 Å². The molecule has 1 amide bonds. The van der Waals surface area contributed by atoms with Crippen LogP contribution < -0.4 is 5.32 Å². The van der Waals surface area contributed by atoms with Gasteiger partial charge in [0.2, 0.25) is 0 Å². The molecule has 0 saturated carbocycles. The molecule has 1 N–H and O–H groups in total. The molecule has 0 saturated heterocycles. The number of para-hydroxylation sites is 2. The molecule has 1 heterocycles. The average Bonchev–Trinajstić information content (AvgIpc) is 3.12. The molecule has 0 radical (unpaired) electrons. The maximum atomic E-state index is 12.7. The zero-order valence-corrected chi connectivity index (χ0v) is 16.8. The quantitative estimate of drug-likeness (QED) is 0.505. The lowest BCUT2D eigenvalue weighted by Gasteiger charge is -2.16. The van der Waals surface area contributed by atoms with E-state index in [1.54, 1.807) is 0 Å². The third-order valence-electron chi connectivity index (χ3n) is 5.20. The number of amides is 1. The molecule has 0 spiro atoms. The van der Waals surface area contributed by atoms with Crippen molar-refractivity contribution in [3.05, 3.63) is 101 Å². The predicted octanol–water partition coefficient (Wildman–Crippen LogP) is 5.08. The van der Waals surface area contributed by atoms with Gasteiger partial charge in [-0.1, -0.05) is 60.2 Å². The normalized spacial score (nSPS) is 12.1. The summed E-state index contributed by atoms with van der Waals surface area (Å²) < 4.78 is 2.22. The molecule has 1 unspecified atom stereocenters. The Kier molecular flexibility index (Phi) is 5.43. The molecule has 29 heavy (non-hydrogen) atoms. The van der Waals surface area contributed by atoms with Gasteiger partial charge in [-0.2, -0.15) is 0 Å². The highest BCUT2D eigenvalue weighted by atomic mass is 16.1. The van der Waals surface area contributed by atoms with Crippen LogP contribution in [-0.2, 0) is 13.0 Å². The second-order valence-electron chi connectivity index (χ2n) is 7.41. The standard InChI is InChI=1S/C25H25N3O/c1-18-12-14-21(15-13-18)25(29)26-19(2)24-27-22-10-6-7-11-23(22)28(24)17-16-20-8-4-3-5-9-20/h3-15,19H,16-17H2,1-2H3,(H,26,29). The van der Waals surface area contributed by atoms with Crippen molar-refractivity contribution in [1.29, 1.82) is 0 Å². The molecule has 0 aliphatic rings. The van der Waals surface area contributed by atoms with E-state index in [2.05, 4.69) is 40.2 Å². The van der Waals surface area contributed by atoms with Crippen molar-refractivity contribution in [2.75, 3.05) is 0 Å². The largest absolute Gasteiger partial charge is 0.342 e. The zero-order valence-electron chi connectivity index (χ0n) is 16.8.